The van der Waals surface area contributed by atoms with Gasteiger partial charge in [0.1, 0.15) is 0 Å². The highest BCUT2D eigenvalue weighted by Gasteiger charge is 2.35. The van der Waals surface area contributed by atoms with Crippen LogP contribution in [0.15, 0.2) is 4.99 Å². The molecule has 1 saturated carbocycles. The van der Waals surface area contributed by atoms with Crippen LogP contribution in [-0.4, -0.2) is 18.0 Å². The molecule has 0 radical (unpaired) electrons. The van der Waals surface area contributed by atoms with E-state index in [0.717, 1.165) is 6.54 Å². The van der Waals surface area contributed by atoms with Crippen molar-refractivity contribution < 1.29 is 0 Å². The summed E-state index contributed by atoms with van der Waals surface area (Å²) >= 11 is 0. The second-order valence-corrected chi connectivity index (χ2v) is 3.63. The molecule has 0 amide bonds. The predicted octanol–water partition coefficient (Wildman–Crippen LogP) is 0.607. The minimum absolute atomic E-state index is 0.339. The second kappa shape index (κ2) is 2.40. The van der Waals surface area contributed by atoms with Crippen molar-refractivity contribution in [3.63, 3.8) is 0 Å². The van der Waals surface area contributed by atoms with Gasteiger partial charge >= 0.3 is 0 Å². The molecule has 0 aromatic rings. The molecule has 1 aliphatic carbocycles. The molecule has 2 aliphatic rings. The summed E-state index contributed by atoms with van der Waals surface area (Å²) in [6.07, 6.45) is 6.43. The Labute approximate surface area is 67.1 Å². The maximum atomic E-state index is 5.63. The van der Waals surface area contributed by atoms with Gasteiger partial charge < -0.3 is 11.1 Å². The lowest BCUT2D eigenvalue weighted by molar-refractivity contribution is 0.351. The number of hydrogen-bond acceptors (Lipinski definition) is 3. The van der Waals surface area contributed by atoms with E-state index in [9.17, 15) is 0 Å². The van der Waals surface area contributed by atoms with E-state index in [0.29, 0.717) is 11.5 Å². The Bertz CT molecular complexity index is 180. The topological polar surface area (TPSA) is 50.4 Å². The summed E-state index contributed by atoms with van der Waals surface area (Å²) in [7, 11) is 0. The van der Waals surface area contributed by atoms with Crippen LogP contribution in [0.5, 0.6) is 0 Å². The maximum Gasteiger partial charge on any atom is 0.189 e. The van der Waals surface area contributed by atoms with Gasteiger partial charge in [0.15, 0.2) is 5.96 Å². The van der Waals surface area contributed by atoms with Crippen LogP contribution in [0, 0.1) is 0 Å². The van der Waals surface area contributed by atoms with E-state index in [-0.39, 0.29) is 0 Å². The fraction of sp³-hybridized carbons (Fsp3) is 0.875. The molecule has 1 heterocycles. The molecule has 0 unspecified atom stereocenters. The highest BCUT2D eigenvalue weighted by atomic mass is 15.2. The second-order valence-electron chi connectivity index (χ2n) is 3.63. The van der Waals surface area contributed by atoms with E-state index in [1.54, 1.807) is 0 Å². The van der Waals surface area contributed by atoms with Crippen LogP contribution in [0.1, 0.15) is 32.1 Å². The molecule has 1 aliphatic heterocycles. The van der Waals surface area contributed by atoms with Gasteiger partial charge in [0, 0.05) is 12.1 Å². The van der Waals surface area contributed by atoms with E-state index in [1.807, 2.05) is 0 Å². The molecule has 0 saturated heterocycles. The zero-order valence-electron chi connectivity index (χ0n) is 6.77. The van der Waals surface area contributed by atoms with Crippen LogP contribution < -0.4 is 11.1 Å². The van der Waals surface area contributed by atoms with Crippen LogP contribution in [-0.2, 0) is 0 Å². The molecule has 2 rings (SSSR count). The molecule has 3 nitrogen and oxygen atoms in total. The summed E-state index contributed by atoms with van der Waals surface area (Å²) in [6, 6.07) is 0. The monoisotopic (exact) mass is 153 g/mol. The van der Waals surface area contributed by atoms with Gasteiger partial charge in [-0.1, -0.05) is 12.8 Å². The third kappa shape index (κ3) is 1.19. The van der Waals surface area contributed by atoms with E-state index < -0.39 is 0 Å². The molecule has 3 heteroatoms. The van der Waals surface area contributed by atoms with Crippen molar-refractivity contribution in [1.82, 2.24) is 5.32 Å². The minimum Gasteiger partial charge on any atom is -0.370 e. The molecule has 0 bridgehead atoms. The Balaban J connectivity index is 2.09. The molecule has 62 valence electrons. The molecule has 0 aromatic carbocycles. The van der Waals surface area contributed by atoms with Crippen LogP contribution in [0.3, 0.4) is 0 Å². The number of rotatable bonds is 0. The number of guanidine groups is 1. The van der Waals surface area contributed by atoms with Gasteiger partial charge in [-0.2, -0.15) is 0 Å². The summed E-state index contributed by atoms with van der Waals surface area (Å²) in [5, 5.41) is 3.32. The zero-order chi connectivity index (χ0) is 7.73. The lowest BCUT2D eigenvalue weighted by atomic mass is 9.92. The number of nitrogens with one attached hydrogen (secondary N) is 1. The van der Waals surface area contributed by atoms with Crippen LogP contribution in [0.25, 0.3) is 0 Å². The Kier molecular flexibility index (Phi) is 1.51. The van der Waals surface area contributed by atoms with Crippen molar-refractivity contribution in [3.05, 3.63) is 0 Å². The molecule has 0 atom stereocenters. The summed E-state index contributed by atoms with van der Waals surface area (Å²) in [6.45, 7) is 0.916. The molecule has 3 N–H and O–H groups in total. The van der Waals surface area contributed by atoms with Crippen LogP contribution >= 0.6 is 0 Å². The minimum atomic E-state index is 0.339. The summed E-state index contributed by atoms with van der Waals surface area (Å²) in [4.78, 5) is 4.13. The lowest BCUT2D eigenvalue weighted by Crippen LogP contribution is -2.52. The Morgan fingerprint density at radius 3 is 2.64 bits per heavy atom. The van der Waals surface area contributed by atoms with Gasteiger partial charge in [0.2, 0.25) is 0 Å². The van der Waals surface area contributed by atoms with Crippen molar-refractivity contribution in [2.75, 3.05) is 6.54 Å². The highest BCUT2D eigenvalue weighted by Crippen LogP contribution is 2.33. The molecule has 0 aromatic heterocycles. The zero-order valence-corrected chi connectivity index (χ0v) is 6.77. The fourth-order valence-corrected chi connectivity index (χ4v) is 2.19. The van der Waals surface area contributed by atoms with E-state index in [1.165, 1.54) is 32.1 Å². The number of nitrogens with two attached hydrogens (primary N) is 1. The standard InChI is InChI=1S/C8H15N3/c9-7-10-6-5-8(11-7)3-1-2-4-8/h1-6H2,(H3,9,10,11). The van der Waals surface area contributed by atoms with Crippen molar-refractivity contribution in [3.8, 4) is 0 Å². The molecular weight excluding hydrogens is 138 g/mol. The average Bonchev–Trinajstić information content (AvgIpc) is 2.37. The average molecular weight is 153 g/mol. The molecule has 11 heavy (non-hydrogen) atoms. The van der Waals surface area contributed by atoms with Crippen molar-refractivity contribution >= 4 is 5.96 Å². The summed E-state index contributed by atoms with van der Waals surface area (Å²) in [5.41, 5.74) is 5.97. The predicted molar refractivity (Wildman–Crippen MR) is 45.4 cm³/mol. The number of nitrogens with zero attached hydrogens (tertiary/aromatic N) is 1. The Hall–Kier alpha value is -0.730. The quantitative estimate of drug-likeness (QED) is 0.535. The first kappa shape index (κ1) is 6.95. The third-order valence-electron chi connectivity index (χ3n) is 2.83. The van der Waals surface area contributed by atoms with Gasteiger partial charge in [-0.15, -0.1) is 0 Å². The largest absolute Gasteiger partial charge is 0.370 e. The summed E-state index contributed by atoms with van der Waals surface area (Å²) in [5.74, 6) is 0.651. The molecule has 1 fully saturated rings. The highest BCUT2D eigenvalue weighted by molar-refractivity contribution is 5.79. The van der Waals surface area contributed by atoms with Gasteiger partial charge in [0.05, 0.1) is 0 Å². The first-order valence-electron chi connectivity index (χ1n) is 4.39. The Morgan fingerprint density at radius 2 is 2.00 bits per heavy atom. The van der Waals surface area contributed by atoms with Crippen LogP contribution in [0.2, 0.25) is 0 Å². The van der Waals surface area contributed by atoms with Crippen LogP contribution in [0.4, 0.5) is 0 Å². The molecular formula is C8H15N3. The SMILES string of the molecule is NC1=NCCC2(CCCC2)N1. The normalized spacial score (nSPS) is 28.2. The number of aliphatic imine (C=N–C) groups is 1. The van der Waals surface area contributed by atoms with Crippen molar-refractivity contribution in [1.29, 1.82) is 0 Å². The molecule has 1 spiro atoms. The fourth-order valence-electron chi connectivity index (χ4n) is 2.19. The first-order chi connectivity index (χ1) is 5.31. The van der Waals surface area contributed by atoms with Gasteiger partial charge in [-0.25, -0.2) is 0 Å². The van der Waals surface area contributed by atoms with Crippen molar-refractivity contribution in [2.45, 2.75) is 37.6 Å². The smallest absolute Gasteiger partial charge is 0.189 e. The van der Waals surface area contributed by atoms with E-state index in [2.05, 4.69) is 10.3 Å². The number of hydrogen-bond donors (Lipinski definition) is 2. The lowest BCUT2D eigenvalue weighted by Gasteiger charge is -2.33. The van der Waals surface area contributed by atoms with E-state index in [4.69, 9.17) is 5.73 Å². The van der Waals surface area contributed by atoms with Crippen molar-refractivity contribution in [2.24, 2.45) is 10.7 Å². The Morgan fingerprint density at radius 1 is 1.27 bits per heavy atom. The van der Waals surface area contributed by atoms with Gasteiger partial charge in [0.25, 0.3) is 0 Å². The van der Waals surface area contributed by atoms with E-state index >= 15 is 0 Å². The maximum absolute atomic E-state index is 5.63. The third-order valence-corrected chi connectivity index (χ3v) is 2.83. The first-order valence-corrected chi connectivity index (χ1v) is 4.39. The van der Waals surface area contributed by atoms with Gasteiger partial charge in [-0.05, 0) is 19.3 Å². The summed E-state index contributed by atoms with van der Waals surface area (Å²) < 4.78 is 0. The van der Waals surface area contributed by atoms with Gasteiger partial charge in [-0.3, -0.25) is 4.99 Å².